The smallest absolute Gasteiger partial charge is 0.290 e. The number of imide groups is 1. The molecule has 1 aromatic carbocycles. The Morgan fingerprint density at radius 1 is 1.20 bits per heavy atom. The van der Waals surface area contributed by atoms with Crippen molar-refractivity contribution in [1.29, 1.82) is 0 Å². The Kier molecular flexibility index (Phi) is 4.96. The fraction of sp³-hybridized carbons (Fsp3) is 0.286. The van der Waals surface area contributed by atoms with E-state index < -0.39 is 0 Å². The van der Waals surface area contributed by atoms with Crippen LogP contribution >= 0.6 is 11.8 Å². The molecule has 5 rings (SSSR count). The summed E-state index contributed by atoms with van der Waals surface area (Å²) in [5.74, 6) is 1.73. The first-order valence-corrected chi connectivity index (χ1v) is 10.7. The van der Waals surface area contributed by atoms with Gasteiger partial charge in [-0.25, -0.2) is 15.0 Å². The largest absolute Gasteiger partial charge is 0.342 e. The predicted octanol–water partition coefficient (Wildman–Crippen LogP) is 3.14. The van der Waals surface area contributed by atoms with Gasteiger partial charge < -0.3 is 9.88 Å². The molecular weight excluding hydrogens is 400 g/mol. The number of hydrogen-bond donors (Lipinski definition) is 2. The number of thioether (sulfide) groups is 1. The van der Waals surface area contributed by atoms with Crippen molar-refractivity contribution in [3.05, 3.63) is 53.0 Å². The van der Waals surface area contributed by atoms with Crippen LogP contribution in [0.25, 0.3) is 17.1 Å². The lowest BCUT2D eigenvalue weighted by atomic mass is 9.95. The summed E-state index contributed by atoms with van der Waals surface area (Å²) >= 11 is 0.890. The number of hydrogen-bond acceptors (Lipinski definition) is 7. The van der Waals surface area contributed by atoms with E-state index in [9.17, 15) is 9.59 Å². The zero-order valence-electron chi connectivity index (χ0n) is 16.2. The molecule has 3 aromatic rings. The van der Waals surface area contributed by atoms with Crippen molar-refractivity contribution in [3.63, 3.8) is 0 Å². The number of fused-ring (bicyclic) bond motifs is 1. The molecule has 8 nitrogen and oxygen atoms in total. The third-order valence-electron chi connectivity index (χ3n) is 5.31. The lowest BCUT2D eigenvalue weighted by molar-refractivity contribution is -0.115. The van der Waals surface area contributed by atoms with E-state index in [4.69, 9.17) is 4.98 Å². The molecule has 0 spiro atoms. The van der Waals surface area contributed by atoms with Crippen LogP contribution in [0.15, 0.2) is 41.4 Å². The number of benzene rings is 1. The maximum atomic E-state index is 11.8. The topological polar surface area (TPSA) is 104 Å². The molecule has 4 heterocycles. The number of rotatable bonds is 4. The minimum atomic E-state index is -0.381. The van der Waals surface area contributed by atoms with E-state index >= 15 is 0 Å². The molecule has 1 atom stereocenters. The van der Waals surface area contributed by atoms with Gasteiger partial charge in [0.25, 0.3) is 11.1 Å². The van der Waals surface area contributed by atoms with Crippen molar-refractivity contribution >= 4 is 46.0 Å². The zero-order chi connectivity index (χ0) is 20.5. The summed E-state index contributed by atoms with van der Waals surface area (Å²) in [6.07, 6.45) is 6.40. The fourth-order valence-electron chi connectivity index (χ4n) is 3.94. The SMILES string of the molecule is O=C1NC(=O)/C(=C\c2ccnc(N3CCCC(Cc4nc5ccccc5[nH]4)C3)n2)S1. The molecule has 2 aromatic heterocycles. The first kappa shape index (κ1) is 18.8. The number of piperidine rings is 1. The summed E-state index contributed by atoms with van der Waals surface area (Å²) in [7, 11) is 0. The van der Waals surface area contributed by atoms with Crippen molar-refractivity contribution < 1.29 is 9.59 Å². The van der Waals surface area contributed by atoms with E-state index in [1.165, 1.54) is 0 Å². The number of nitrogens with one attached hydrogen (secondary N) is 2. The number of anilines is 1. The monoisotopic (exact) mass is 420 g/mol. The second-order valence-electron chi connectivity index (χ2n) is 7.49. The molecule has 9 heteroatoms. The maximum Gasteiger partial charge on any atom is 0.290 e. The first-order chi connectivity index (χ1) is 14.6. The fourth-order valence-corrected chi connectivity index (χ4v) is 4.61. The number of H-pyrrole nitrogens is 1. The van der Waals surface area contributed by atoms with Crippen molar-refractivity contribution in [2.24, 2.45) is 5.92 Å². The molecule has 1 unspecified atom stereocenters. The van der Waals surface area contributed by atoms with Crippen LogP contribution in [-0.4, -0.2) is 44.2 Å². The van der Waals surface area contributed by atoms with E-state index in [0.29, 0.717) is 22.5 Å². The normalized spacial score (nSPS) is 20.9. The van der Waals surface area contributed by atoms with Gasteiger partial charge in [0.05, 0.1) is 21.6 Å². The standard InChI is InChI=1S/C21H20N6O2S/c28-19-17(30-21(29)26-19)11-14-7-8-22-20(23-14)27-9-3-4-13(12-27)10-18-24-15-5-1-2-6-16(15)25-18/h1-2,5-8,11,13H,3-4,9-10,12H2,(H,24,25)(H,26,28,29)/b17-11+. The van der Waals surface area contributed by atoms with Crippen molar-refractivity contribution in [3.8, 4) is 0 Å². The van der Waals surface area contributed by atoms with Crippen LogP contribution < -0.4 is 10.2 Å². The number of nitrogens with zero attached hydrogens (tertiary/aromatic N) is 4. The average Bonchev–Trinajstić information content (AvgIpc) is 3.29. The van der Waals surface area contributed by atoms with Gasteiger partial charge in [-0.15, -0.1) is 0 Å². The molecular formula is C21H20N6O2S. The Hall–Kier alpha value is -3.20. The van der Waals surface area contributed by atoms with Gasteiger partial charge in [-0.3, -0.25) is 14.9 Å². The minimum absolute atomic E-state index is 0.353. The highest BCUT2D eigenvalue weighted by atomic mass is 32.2. The summed E-state index contributed by atoms with van der Waals surface area (Å²) < 4.78 is 0. The molecule has 0 radical (unpaired) electrons. The summed E-state index contributed by atoms with van der Waals surface area (Å²) in [5, 5.41) is 1.90. The van der Waals surface area contributed by atoms with Crippen LogP contribution in [0.2, 0.25) is 0 Å². The van der Waals surface area contributed by atoms with Crippen molar-refractivity contribution in [2.45, 2.75) is 19.3 Å². The van der Waals surface area contributed by atoms with Gasteiger partial charge in [-0.1, -0.05) is 12.1 Å². The van der Waals surface area contributed by atoms with Gasteiger partial charge in [-0.2, -0.15) is 0 Å². The number of aromatic amines is 1. The highest BCUT2D eigenvalue weighted by Gasteiger charge is 2.26. The first-order valence-electron chi connectivity index (χ1n) is 9.90. The lowest BCUT2D eigenvalue weighted by Crippen LogP contribution is -2.37. The average molecular weight is 420 g/mol. The molecule has 0 bridgehead atoms. The number of carbonyl (C=O) groups excluding carboxylic acids is 2. The quantitative estimate of drug-likeness (QED) is 0.625. The van der Waals surface area contributed by atoms with Crippen LogP contribution in [0.1, 0.15) is 24.4 Å². The van der Waals surface area contributed by atoms with Crippen LogP contribution in [-0.2, 0) is 11.2 Å². The Morgan fingerprint density at radius 2 is 2.10 bits per heavy atom. The van der Waals surface area contributed by atoms with E-state index in [0.717, 1.165) is 61.0 Å². The Balaban J connectivity index is 1.30. The number of carbonyl (C=O) groups is 2. The molecule has 0 saturated carbocycles. The highest BCUT2D eigenvalue weighted by molar-refractivity contribution is 8.18. The van der Waals surface area contributed by atoms with E-state index in [2.05, 4.69) is 25.2 Å². The Morgan fingerprint density at radius 3 is 2.93 bits per heavy atom. The van der Waals surface area contributed by atoms with E-state index in [1.54, 1.807) is 18.3 Å². The maximum absolute atomic E-state index is 11.8. The predicted molar refractivity (Wildman–Crippen MR) is 116 cm³/mol. The molecule has 2 aliphatic rings. The molecule has 2 aliphatic heterocycles. The number of amides is 2. The second-order valence-corrected chi connectivity index (χ2v) is 8.51. The highest BCUT2D eigenvalue weighted by Crippen LogP contribution is 2.27. The molecule has 0 aliphatic carbocycles. The van der Waals surface area contributed by atoms with Crippen LogP contribution in [0, 0.1) is 5.92 Å². The molecule has 30 heavy (non-hydrogen) atoms. The van der Waals surface area contributed by atoms with Crippen LogP contribution in [0.3, 0.4) is 0 Å². The number of imidazole rings is 1. The molecule has 152 valence electrons. The summed E-state index contributed by atoms with van der Waals surface area (Å²) in [4.78, 5) is 42.8. The van der Waals surface area contributed by atoms with E-state index in [-0.39, 0.29) is 11.1 Å². The Labute approximate surface area is 177 Å². The molecule has 2 N–H and O–H groups in total. The zero-order valence-corrected chi connectivity index (χ0v) is 17.0. The molecule has 2 saturated heterocycles. The number of para-hydroxylation sites is 2. The van der Waals surface area contributed by atoms with Gasteiger partial charge in [-0.05, 0) is 54.8 Å². The third kappa shape index (κ3) is 3.93. The van der Waals surface area contributed by atoms with Gasteiger partial charge in [0, 0.05) is 25.7 Å². The summed E-state index contributed by atoms with van der Waals surface area (Å²) in [5.41, 5.74) is 2.68. The van der Waals surface area contributed by atoms with Crippen molar-refractivity contribution in [1.82, 2.24) is 25.3 Å². The third-order valence-corrected chi connectivity index (χ3v) is 6.12. The summed E-state index contributed by atoms with van der Waals surface area (Å²) in [6, 6.07) is 9.81. The number of aromatic nitrogens is 4. The van der Waals surface area contributed by atoms with Gasteiger partial charge in [0.15, 0.2) is 0 Å². The second kappa shape index (κ2) is 7.91. The van der Waals surface area contributed by atoms with Gasteiger partial charge in [0.2, 0.25) is 5.95 Å². The van der Waals surface area contributed by atoms with Crippen molar-refractivity contribution in [2.75, 3.05) is 18.0 Å². The van der Waals surface area contributed by atoms with E-state index in [1.807, 2.05) is 24.3 Å². The van der Waals surface area contributed by atoms with Crippen LogP contribution in [0.4, 0.5) is 10.7 Å². The lowest BCUT2D eigenvalue weighted by Gasteiger charge is -2.32. The summed E-state index contributed by atoms with van der Waals surface area (Å²) in [6.45, 7) is 1.75. The molecule has 2 amide bonds. The Bertz CT molecular complexity index is 1120. The van der Waals surface area contributed by atoms with Crippen LogP contribution in [0.5, 0.6) is 0 Å². The van der Waals surface area contributed by atoms with Gasteiger partial charge in [0.1, 0.15) is 5.82 Å². The minimum Gasteiger partial charge on any atom is -0.342 e. The van der Waals surface area contributed by atoms with Gasteiger partial charge >= 0.3 is 0 Å². The molecule has 2 fully saturated rings.